The van der Waals surface area contributed by atoms with Crippen LogP contribution in [0.5, 0.6) is 0 Å². The Morgan fingerprint density at radius 3 is 2.48 bits per heavy atom. The van der Waals surface area contributed by atoms with Crippen LogP contribution in [0.3, 0.4) is 0 Å². The molecule has 2 fully saturated rings. The molecule has 0 bridgehead atoms. The number of nitrogens with zero attached hydrogens (tertiary/aromatic N) is 4. The number of aromatic nitrogens is 1. The Morgan fingerprint density at radius 1 is 1.10 bits per heavy atom. The zero-order chi connectivity index (χ0) is 20.4. The molecular weight excluding hydrogens is 390 g/mol. The van der Waals surface area contributed by atoms with E-state index in [1.54, 1.807) is 30.6 Å². The number of amides is 3. The van der Waals surface area contributed by atoms with Gasteiger partial charge in [-0.1, -0.05) is 30.7 Å². The largest absolute Gasteiger partial charge is 0.369 e. The minimum atomic E-state index is -1.05. The molecule has 0 unspecified atom stereocenters. The topological polar surface area (TPSA) is 68.8 Å². The fraction of sp³-hybridized carbons (Fsp3) is 0.381. The number of hydrogen-bond acceptors (Lipinski definition) is 5. The lowest BCUT2D eigenvalue weighted by molar-refractivity contribution is -0.133. The number of hydrogen-bond donors (Lipinski definition) is 1. The highest BCUT2D eigenvalue weighted by Gasteiger charge is 2.51. The van der Waals surface area contributed by atoms with E-state index in [1.165, 1.54) is 4.90 Å². The molecule has 2 aromatic rings. The molecule has 0 aliphatic carbocycles. The summed E-state index contributed by atoms with van der Waals surface area (Å²) in [5.41, 5.74) is 0.803. The zero-order valence-corrected chi connectivity index (χ0v) is 17.1. The summed E-state index contributed by atoms with van der Waals surface area (Å²) >= 11 is 6.13. The van der Waals surface area contributed by atoms with Crippen LogP contribution in [0.15, 0.2) is 48.8 Å². The summed E-state index contributed by atoms with van der Waals surface area (Å²) in [7, 11) is 0. The first kappa shape index (κ1) is 19.7. The number of carbonyl (C=O) groups is 2. The lowest BCUT2D eigenvalue weighted by Gasteiger charge is -2.37. The van der Waals surface area contributed by atoms with Crippen LogP contribution >= 0.6 is 11.6 Å². The van der Waals surface area contributed by atoms with E-state index in [2.05, 4.69) is 20.1 Å². The molecule has 1 aromatic carbocycles. The molecule has 1 aromatic heterocycles. The van der Waals surface area contributed by atoms with E-state index < -0.39 is 5.54 Å². The smallest absolute Gasteiger partial charge is 0.326 e. The second kappa shape index (κ2) is 8.00. The van der Waals surface area contributed by atoms with Crippen molar-refractivity contribution in [3.8, 4) is 0 Å². The van der Waals surface area contributed by atoms with Gasteiger partial charge in [-0.05, 0) is 36.2 Å². The van der Waals surface area contributed by atoms with Crippen LogP contribution in [0.4, 0.5) is 10.5 Å². The van der Waals surface area contributed by atoms with E-state index in [1.807, 2.05) is 25.1 Å². The number of urea groups is 1. The highest BCUT2D eigenvalue weighted by molar-refractivity contribution is 6.30. The zero-order valence-electron chi connectivity index (χ0n) is 16.3. The van der Waals surface area contributed by atoms with E-state index in [-0.39, 0.29) is 18.6 Å². The van der Waals surface area contributed by atoms with Gasteiger partial charge in [0.2, 0.25) is 0 Å². The normalized spacial score (nSPS) is 22.8. The van der Waals surface area contributed by atoms with E-state index in [0.29, 0.717) is 11.4 Å². The molecule has 29 heavy (non-hydrogen) atoms. The molecular formula is C21H24ClN5O2. The predicted octanol–water partition coefficient (Wildman–Crippen LogP) is 2.67. The van der Waals surface area contributed by atoms with Crippen molar-refractivity contribution >= 4 is 29.2 Å². The Kier molecular flexibility index (Phi) is 5.43. The summed E-state index contributed by atoms with van der Waals surface area (Å²) < 4.78 is 0. The van der Waals surface area contributed by atoms with E-state index in [4.69, 9.17) is 11.6 Å². The van der Waals surface area contributed by atoms with Gasteiger partial charge in [0.05, 0.1) is 6.67 Å². The second-order valence-electron chi connectivity index (χ2n) is 7.38. The van der Waals surface area contributed by atoms with Crippen LogP contribution in [0, 0.1) is 0 Å². The van der Waals surface area contributed by atoms with Gasteiger partial charge in [0.15, 0.2) is 0 Å². The Labute approximate surface area is 175 Å². The molecule has 7 nitrogen and oxygen atoms in total. The van der Waals surface area contributed by atoms with Gasteiger partial charge < -0.3 is 10.2 Å². The van der Waals surface area contributed by atoms with Crippen LogP contribution in [0.1, 0.15) is 18.9 Å². The summed E-state index contributed by atoms with van der Waals surface area (Å²) in [6.45, 7) is 5.40. The number of anilines is 1. The maximum Gasteiger partial charge on any atom is 0.326 e. The van der Waals surface area contributed by atoms with Crippen LogP contribution in [0.25, 0.3) is 0 Å². The van der Waals surface area contributed by atoms with Crippen molar-refractivity contribution in [2.45, 2.75) is 18.9 Å². The van der Waals surface area contributed by atoms with E-state index in [9.17, 15) is 9.59 Å². The number of imide groups is 1. The van der Waals surface area contributed by atoms with Crippen molar-refractivity contribution in [2.75, 3.05) is 37.7 Å². The van der Waals surface area contributed by atoms with Crippen LogP contribution < -0.4 is 10.2 Å². The van der Waals surface area contributed by atoms with Gasteiger partial charge in [0.1, 0.15) is 5.54 Å². The van der Waals surface area contributed by atoms with Crippen molar-refractivity contribution in [1.29, 1.82) is 0 Å². The average Bonchev–Trinajstić information content (AvgIpc) is 3.00. The number of pyridine rings is 1. The Bertz CT molecular complexity index is 901. The highest BCUT2D eigenvalue weighted by atomic mass is 35.5. The lowest BCUT2D eigenvalue weighted by atomic mass is 9.87. The highest BCUT2D eigenvalue weighted by Crippen LogP contribution is 2.33. The summed E-state index contributed by atoms with van der Waals surface area (Å²) in [6.07, 6.45) is 4.04. The fourth-order valence-corrected chi connectivity index (χ4v) is 4.24. The molecule has 8 heteroatoms. The number of rotatable bonds is 5. The summed E-state index contributed by atoms with van der Waals surface area (Å²) in [4.78, 5) is 35.8. The first-order valence-electron chi connectivity index (χ1n) is 9.81. The van der Waals surface area contributed by atoms with Crippen molar-refractivity contribution in [3.63, 3.8) is 0 Å². The monoisotopic (exact) mass is 413 g/mol. The van der Waals surface area contributed by atoms with Gasteiger partial charge >= 0.3 is 6.03 Å². The summed E-state index contributed by atoms with van der Waals surface area (Å²) in [5.74, 6) is -0.219. The molecule has 0 spiro atoms. The third-order valence-corrected chi connectivity index (χ3v) is 6.00. The molecule has 1 N–H and O–H groups in total. The van der Waals surface area contributed by atoms with Gasteiger partial charge in [0.25, 0.3) is 5.91 Å². The lowest BCUT2D eigenvalue weighted by Crippen LogP contribution is -2.51. The van der Waals surface area contributed by atoms with Crippen LogP contribution in [-0.2, 0) is 10.3 Å². The second-order valence-corrected chi connectivity index (χ2v) is 7.82. The van der Waals surface area contributed by atoms with E-state index in [0.717, 1.165) is 37.4 Å². The number of carbonyl (C=O) groups excluding carboxylic acids is 2. The quantitative estimate of drug-likeness (QED) is 0.763. The third kappa shape index (κ3) is 3.68. The molecule has 2 saturated heterocycles. The summed E-state index contributed by atoms with van der Waals surface area (Å²) in [6, 6.07) is 10.8. The van der Waals surface area contributed by atoms with E-state index >= 15 is 0 Å². The third-order valence-electron chi connectivity index (χ3n) is 5.77. The van der Waals surface area contributed by atoms with Crippen molar-refractivity contribution in [2.24, 2.45) is 0 Å². The molecule has 2 aliphatic heterocycles. The molecule has 2 aliphatic rings. The van der Waals surface area contributed by atoms with Gasteiger partial charge in [-0.3, -0.25) is 14.7 Å². The fourth-order valence-electron chi connectivity index (χ4n) is 4.05. The van der Waals surface area contributed by atoms with Gasteiger partial charge in [-0.25, -0.2) is 9.69 Å². The van der Waals surface area contributed by atoms with Crippen molar-refractivity contribution < 1.29 is 9.59 Å². The van der Waals surface area contributed by atoms with Crippen molar-refractivity contribution in [3.05, 3.63) is 59.4 Å². The molecule has 3 amide bonds. The summed E-state index contributed by atoms with van der Waals surface area (Å²) in [5, 5.41) is 3.46. The van der Waals surface area contributed by atoms with Gasteiger partial charge in [0, 0.05) is 49.3 Å². The van der Waals surface area contributed by atoms with Crippen molar-refractivity contribution in [1.82, 2.24) is 20.1 Å². The van der Waals surface area contributed by atoms with Crippen LogP contribution in [0.2, 0.25) is 5.02 Å². The van der Waals surface area contributed by atoms with Crippen LogP contribution in [-0.4, -0.2) is 59.6 Å². The molecule has 3 heterocycles. The molecule has 4 rings (SSSR count). The standard InChI is InChI=1S/C21H24ClN5O2/c1-2-21(16-4-3-5-17(22)14-16)19(28)27(20(29)24-21)15-25-10-12-26(13-11-25)18-6-8-23-9-7-18/h3-9,14H,2,10-13,15H2,1H3,(H,24,29)/t21-/m0/s1. The Balaban J connectivity index is 1.45. The molecule has 0 saturated carbocycles. The first-order chi connectivity index (χ1) is 14.0. The minimum absolute atomic E-state index is 0.219. The number of halogens is 1. The number of benzene rings is 1. The maximum absolute atomic E-state index is 13.3. The molecule has 0 radical (unpaired) electrons. The number of piperazine rings is 1. The predicted molar refractivity (Wildman–Crippen MR) is 112 cm³/mol. The Hall–Kier alpha value is -2.64. The van der Waals surface area contributed by atoms with Gasteiger partial charge in [-0.15, -0.1) is 0 Å². The van der Waals surface area contributed by atoms with Gasteiger partial charge in [-0.2, -0.15) is 0 Å². The first-order valence-corrected chi connectivity index (χ1v) is 10.2. The SMILES string of the molecule is CC[C@@]1(c2cccc(Cl)c2)NC(=O)N(CN2CCN(c3ccncc3)CC2)C1=O. The molecule has 1 atom stereocenters. The average molecular weight is 414 g/mol. The maximum atomic E-state index is 13.3. The number of nitrogens with one attached hydrogen (secondary N) is 1. The minimum Gasteiger partial charge on any atom is -0.369 e. The molecule has 152 valence electrons. The Morgan fingerprint density at radius 2 is 1.83 bits per heavy atom.